The maximum atomic E-state index is 4.21. The Morgan fingerprint density at radius 2 is 2.22 bits per heavy atom. The Balaban J connectivity index is 1.44. The Morgan fingerprint density at radius 1 is 1.33 bits per heavy atom. The molecule has 100 valence electrons. The summed E-state index contributed by atoms with van der Waals surface area (Å²) in [6, 6.07) is 1.48. The van der Waals surface area contributed by atoms with Crippen molar-refractivity contribution in [2.75, 3.05) is 13.1 Å². The smallest absolute Gasteiger partial charge is 0.0964 e. The molecular weight excluding hydrogens is 226 g/mol. The van der Waals surface area contributed by atoms with Gasteiger partial charge in [0.2, 0.25) is 0 Å². The topological polar surface area (TPSA) is 46.0 Å². The van der Waals surface area contributed by atoms with Crippen molar-refractivity contribution >= 4 is 0 Å². The van der Waals surface area contributed by atoms with E-state index in [1.165, 1.54) is 32.2 Å². The minimum absolute atomic E-state index is 0.737. The van der Waals surface area contributed by atoms with Crippen molar-refractivity contribution in [2.24, 2.45) is 0 Å². The van der Waals surface area contributed by atoms with Crippen LogP contribution in [-0.2, 0) is 13.1 Å². The van der Waals surface area contributed by atoms with Crippen molar-refractivity contribution in [1.29, 1.82) is 0 Å². The third-order valence-electron chi connectivity index (χ3n) is 4.04. The minimum atomic E-state index is 0.737. The molecule has 1 N–H and O–H groups in total. The van der Waals surface area contributed by atoms with Crippen molar-refractivity contribution < 1.29 is 0 Å². The highest BCUT2D eigenvalue weighted by atomic mass is 15.4. The molecule has 1 saturated carbocycles. The number of rotatable bonds is 6. The maximum absolute atomic E-state index is 4.21. The van der Waals surface area contributed by atoms with E-state index in [0.29, 0.717) is 0 Å². The summed E-state index contributed by atoms with van der Waals surface area (Å²) in [4.78, 5) is 2.55. The Bertz CT molecular complexity index is 384. The van der Waals surface area contributed by atoms with Gasteiger partial charge >= 0.3 is 0 Å². The fourth-order valence-electron chi connectivity index (χ4n) is 2.62. The van der Waals surface area contributed by atoms with Crippen molar-refractivity contribution in [2.45, 2.75) is 57.8 Å². The molecule has 18 heavy (non-hydrogen) atoms. The highest BCUT2D eigenvalue weighted by molar-refractivity contribution is 4.94. The first kappa shape index (κ1) is 12.1. The van der Waals surface area contributed by atoms with E-state index < -0.39 is 0 Å². The molecule has 0 aromatic carbocycles. The van der Waals surface area contributed by atoms with E-state index in [1.54, 1.807) is 0 Å². The second kappa shape index (κ2) is 5.36. The zero-order valence-corrected chi connectivity index (χ0v) is 11.2. The van der Waals surface area contributed by atoms with E-state index in [9.17, 15) is 0 Å². The molecule has 1 aromatic heterocycles. The summed E-state index contributed by atoms with van der Waals surface area (Å²) in [6.07, 6.45) is 7.40. The molecule has 1 aliphatic heterocycles. The standard InChI is InChI=1S/C13H23N5/c1-11-3-2-6-17(11)7-8-18-10-13(15-16-18)9-14-12-4-5-12/h10-12,14H,2-9H2,1H3. The molecule has 1 atom stereocenters. The molecule has 2 heterocycles. The van der Waals surface area contributed by atoms with Crippen molar-refractivity contribution in [3.8, 4) is 0 Å². The molecule has 2 aliphatic rings. The average Bonchev–Trinajstić information content (AvgIpc) is 2.94. The van der Waals surface area contributed by atoms with Crippen molar-refractivity contribution in [1.82, 2.24) is 25.2 Å². The van der Waals surface area contributed by atoms with Crippen LogP contribution in [0, 0.1) is 0 Å². The first-order valence-corrected chi connectivity index (χ1v) is 7.18. The van der Waals surface area contributed by atoms with Crippen molar-refractivity contribution in [3.63, 3.8) is 0 Å². The normalized spacial score (nSPS) is 24.8. The molecule has 0 bridgehead atoms. The van der Waals surface area contributed by atoms with Gasteiger partial charge < -0.3 is 5.32 Å². The molecule has 5 nitrogen and oxygen atoms in total. The highest BCUT2D eigenvalue weighted by Gasteiger charge is 2.21. The molecule has 2 fully saturated rings. The van der Waals surface area contributed by atoms with Gasteiger partial charge in [-0.05, 0) is 39.2 Å². The third kappa shape index (κ3) is 3.09. The third-order valence-corrected chi connectivity index (χ3v) is 4.04. The molecule has 0 spiro atoms. The van der Waals surface area contributed by atoms with Gasteiger partial charge in [0.25, 0.3) is 0 Å². The molecule has 1 unspecified atom stereocenters. The van der Waals surface area contributed by atoms with Crippen LogP contribution in [0.25, 0.3) is 0 Å². The maximum Gasteiger partial charge on any atom is 0.0964 e. The van der Waals surface area contributed by atoms with Gasteiger partial charge in [-0.2, -0.15) is 0 Å². The van der Waals surface area contributed by atoms with Crippen LogP contribution < -0.4 is 5.32 Å². The van der Waals surface area contributed by atoms with Crippen LogP contribution in [0.5, 0.6) is 0 Å². The van der Waals surface area contributed by atoms with Gasteiger partial charge in [0, 0.05) is 31.4 Å². The van der Waals surface area contributed by atoms with E-state index in [1.807, 2.05) is 4.68 Å². The Labute approximate surface area is 109 Å². The van der Waals surface area contributed by atoms with Crippen molar-refractivity contribution in [3.05, 3.63) is 11.9 Å². The summed E-state index contributed by atoms with van der Waals surface area (Å²) < 4.78 is 1.98. The summed E-state index contributed by atoms with van der Waals surface area (Å²) in [5, 5.41) is 11.9. The molecule has 0 radical (unpaired) electrons. The van der Waals surface area contributed by atoms with Crippen LogP contribution in [0.15, 0.2) is 6.20 Å². The van der Waals surface area contributed by atoms with E-state index >= 15 is 0 Å². The SMILES string of the molecule is CC1CCCN1CCn1cc(CNC2CC2)nn1. The zero-order chi connectivity index (χ0) is 12.4. The molecule has 1 saturated heterocycles. The Morgan fingerprint density at radius 3 is 2.94 bits per heavy atom. The predicted molar refractivity (Wildman–Crippen MR) is 70.2 cm³/mol. The molecule has 5 heteroatoms. The fraction of sp³-hybridized carbons (Fsp3) is 0.846. The number of aromatic nitrogens is 3. The molecular formula is C13H23N5. The second-order valence-electron chi connectivity index (χ2n) is 5.66. The summed E-state index contributed by atoms with van der Waals surface area (Å²) in [5.41, 5.74) is 1.07. The van der Waals surface area contributed by atoms with E-state index in [0.717, 1.165) is 37.4 Å². The van der Waals surface area contributed by atoms with Crippen LogP contribution in [0.2, 0.25) is 0 Å². The van der Waals surface area contributed by atoms with E-state index in [4.69, 9.17) is 0 Å². The lowest BCUT2D eigenvalue weighted by molar-refractivity contribution is 0.253. The summed E-state index contributed by atoms with van der Waals surface area (Å²) >= 11 is 0. The van der Waals surface area contributed by atoms with E-state index in [2.05, 4.69) is 33.6 Å². The number of hydrogen-bond acceptors (Lipinski definition) is 4. The van der Waals surface area contributed by atoms with Crippen LogP contribution in [0.1, 0.15) is 38.3 Å². The lowest BCUT2D eigenvalue weighted by Crippen LogP contribution is -2.30. The number of nitrogens with zero attached hydrogens (tertiary/aromatic N) is 4. The van der Waals surface area contributed by atoms with Crippen LogP contribution in [-0.4, -0.2) is 45.1 Å². The highest BCUT2D eigenvalue weighted by Crippen LogP contribution is 2.19. The molecule has 3 rings (SSSR count). The molecule has 1 aliphatic carbocycles. The van der Waals surface area contributed by atoms with Gasteiger partial charge in [-0.3, -0.25) is 9.58 Å². The van der Waals surface area contributed by atoms with E-state index in [-0.39, 0.29) is 0 Å². The quantitative estimate of drug-likeness (QED) is 0.817. The van der Waals surface area contributed by atoms with Gasteiger partial charge in [-0.1, -0.05) is 5.21 Å². The first-order valence-electron chi connectivity index (χ1n) is 7.18. The molecule has 1 aromatic rings. The van der Waals surface area contributed by atoms with Gasteiger partial charge in [0.1, 0.15) is 0 Å². The van der Waals surface area contributed by atoms with Gasteiger partial charge in [0.15, 0.2) is 0 Å². The zero-order valence-electron chi connectivity index (χ0n) is 11.2. The first-order chi connectivity index (χ1) is 8.81. The second-order valence-corrected chi connectivity index (χ2v) is 5.66. The fourth-order valence-corrected chi connectivity index (χ4v) is 2.62. The lowest BCUT2D eigenvalue weighted by Gasteiger charge is -2.20. The van der Waals surface area contributed by atoms with Crippen LogP contribution >= 0.6 is 0 Å². The van der Waals surface area contributed by atoms with Gasteiger partial charge in [0.05, 0.1) is 12.2 Å². The number of likely N-dealkylation sites (tertiary alicyclic amines) is 1. The largest absolute Gasteiger partial charge is 0.308 e. The predicted octanol–water partition coefficient (Wildman–Crippen LogP) is 1.01. The summed E-state index contributed by atoms with van der Waals surface area (Å²) in [7, 11) is 0. The van der Waals surface area contributed by atoms with Crippen LogP contribution in [0.3, 0.4) is 0 Å². The minimum Gasteiger partial charge on any atom is -0.308 e. The van der Waals surface area contributed by atoms with Gasteiger partial charge in [-0.25, -0.2) is 0 Å². The average molecular weight is 249 g/mol. The number of nitrogens with one attached hydrogen (secondary N) is 1. The summed E-state index contributed by atoms with van der Waals surface area (Å²) in [5.74, 6) is 0. The van der Waals surface area contributed by atoms with Crippen LogP contribution in [0.4, 0.5) is 0 Å². The Kier molecular flexibility index (Phi) is 3.61. The number of hydrogen-bond donors (Lipinski definition) is 1. The van der Waals surface area contributed by atoms with Gasteiger partial charge in [-0.15, -0.1) is 5.10 Å². The summed E-state index contributed by atoms with van der Waals surface area (Å²) in [6.45, 7) is 6.48. The Hall–Kier alpha value is -0.940. The molecule has 0 amide bonds. The lowest BCUT2D eigenvalue weighted by atomic mass is 10.2. The monoisotopic (exact) mass is 249 g/mol.